The number of fused-ring (bicyclic) bond motifs is 1. The number of thiazole rings is 1. The molecular formula is C30H27F3N8O2S2. The van der Waals surface area contributed by atoms with E-state index in [0.717, 1.165) is 18.4 Å². The molecule has 1 fully saturated rings. The summed E-state index contributed by atoms with van der Waals surface area (Å²) in [5, 5.41) is 18.7. The first-order chi connectivity index (χ1) is 21.7. The van der Waals surface area contributed by atoms with Crippen molar-refractivity contribution in [2.45, 2.75) is 55.0 Å². The molecule has 1 aliphatic rings. The molecule has 15 heteroatoms. The van der Waals surface area contributed by atoms with Gasteiger partial charge in [-0.05, 0) is 89.3 Å². The maximum atomic E-state index is 13.7. The number of hydrogen-bond donors (Lipinski definition) is 3. The molecular weight excluding hydrogens is 626 g/mol. The molecule has 232 valence electrons. The second-order valence-electron chi connectivity index (χ2n) is 10.5. The van der Waals surface area contributed by atoms with Crippen LogP contribution in [0.25, 0.3) is 10.2 Å². The number of amides is 3. The van der Waals surface area contributed by atoms with Crippen LogP contribution in [-0.4, -0.2) is 43.1 Å². The summed E-state index contributed by atoms with van der Waals surface area (Å²) in [5.41, 5.74) is -1.01. The van der Waals surface area contributed by atoms with Gasteiger partial charge in [0, 0.05) is 16.1 Å². The SMILES string of the molecule is O=C(Nc1nn[nH]n1)c1ccc(CN(C(=O)Nc2nc3cc(SC(F)(F)F)ccc3s2)c2ccc(C3CCCCC3)cc2)cc1. The van der Waals surface area contributed by atoms with E-state index >= 15 is 0 Å². The van der Waals surface area contributed by atoms with Gasteiger partial charge in [-0.3, -0.25) is 20.3 Å². The van der Waals surface area contributed by atoms with Gasteiger partial charge >= 0.3 is 11.5 Å². The van der Waals surface area contributed by atoms with Crippen molar-refractivity contribution in [1.29, 1.82) is 0 Å². The number of aromatic nitrogens is 5. The molecule has 3 N–H and O–H groups in total. The number of urea groups is 1. The standard InChI is InChI=1S/C30H27F3N8O2S2/c31-30(32,33)45-23-14-15-25-24(16-23)34-28(44-25)36-29(43)41(22-12-10-20(11-13-22)19-4-2-1-3-5-19)17-18-6-8-21(9-7-18)26(42)35-27-37-39-40-38-27/h6-16,19H,1-5,17H2,(H,34,36,43)(H2,35,37,38,39,40,42). The number of tetrazole rings is 1. The van der Waals surface area contributed by atoms with Gasteiger partial charge in [-0.25, -0.2) is 9.78 Å². The Kier molecular flexibility index (Phi) is 8.98. The van der Waals surface area contributed by atoms with Crippen LogP contribution < -0.4 is 15.5 Å². The van der Waals surface area contributed by atoms with Gasteiger partial charge in [-0.2, -0.15) is 18.4 Å². The highest BCUT2D eigenvalue weighted by Crippen LogP contribution is 2.39. The van der Waals surface area contributed by atoms with Crippen molar-refractivity contribution in [2.75, 3.05) is 15.5 Å². The zero-order chi connectivity index (χ0) is 31.4. The summed E-state index contributed by atoms with van der Waals surface area (Å²) >= 11 is 0.968. The van der Waals surface area contributed by atoms with Crippen molar-refractivity contribution >= 4 is 62.0 Å². The molecule has 45 heavy (non-hydrogen) atoms. The number of carbonyl (C=O) groups excluding carboxylic acids is 2. The average molecular weight is 653 g/mol. The molecule has 0 spiro atoms. The molecule has 0 saturated heterocycles. The third kappa shape index (κ3) is 7.78. The fraction of sp³-hybridized carbons (Fsp3) is 0.267. The first kappa shape index (κ1) is 30.5. The minimum atomic E-state index is -4.41. The number of aromatic amines is 1. The highest BCUT2D eigenvalue weighted by molar-refractivity contribution is 8.00. The van der Waals surface area contributed by atoms with Gasteiger partial charge in [0.15, 0.2) is 5.13 Å². The number of alkyl halides is 3. The number of rotatable bonds is 8. The Morgan fingerprint density at radius 2 is 1.73 bits per heavy atom. The predicted octanol–water partition coefficient (Wildman–Crippen LogP) is 7.96. The van der Waals surface area contributed by atoms with Crippen LogP contribution in [0.2, 0.25) is 0 Å². The molecule has 1 saturated carbocycles. The monoisotopic (exact) mass is 652 g/mol. The third-order valence-electron chi connectivity index (χ3n) is 7.46. The number of anilines is 3. The van der Waals surface area contributed by atoms with Crippen molar-refractivity contribution in [3.05, 3.63) is 83.4 Å². The molecule has 1 aliphatic carbocycles. The molecule has 0 atom stereocenters. The molecule has 0 unspecified atom stereocenters. The third-order valence-corrected chi connectivity index (χ3v) is 9.13. The zero-order valence-corrected chi connectivity index (χ0v) is 25.3. The molecule has 6 rings (SSSR count). The molecule has 10 nitrogen and oxygen atoms in total. The van der Waals surface area contributed by atoms with Crippen LogP contribution in [0.5, 0.6) is 0 Å². The normalized spacial score (nSPS) is 13.9. The lowest BCUT2D eigenvalue weighted by Crippen LogP contribution is -2.34. The molecule has 0 radical (unpaired) electrons. The topological polar surface area (TPSA) is 129 Å². The van der Waals surface area contributed by atoms with Crippen molar-refractivity contribution in [2.24, 2.45) is 0 Å². The summed E-state index contributed by atoms with van der Waals surface area (Å²) in [6, 6.07) is 18.6. The van der Waals surface area contributed by atoms with Gasteiger partial charge in [-0.15, -0.1) is 5.10 Å². The zero-order valence-electron chi connectivity index (χ0n) is 23.7. The lowest BCUT2D eigenvalue weighted by atomic mass is 9.84. The van der Waals surface area contributed by atoms with E-state index in [4.69, 9.17) is 0 Å². The van der Waals surface area contributed by atoms with E-state index < -0.39 is 17.4 Å². The Bertz CT molecular complexity index is 1770. The van der Waals surface area contributed by atoms with Crippen molar-refractivity contribution in [3.63, 3.8) is 0 Å². The Balaban J connectivity index is 1.22. The number of hydrogen-bond acceptors (Lipinski definition) is 8. The summed E-state index contributed by atoms with van der Waals surface area (Å²) in [6.45, 7) is 0.179. The van der Waals surface area contributed by atoms with Gasteiger partial charge in [0.2, 0.25) is 0 Å². The number of carbonyl (C=O) groups is 2. The molecule has 2 aromatic heterocycles. The van der Waals surface area contributed by atoms with Crippen LogP contribution in [0.3, 0.4) is 0 Å². The van der Waals surface area contributed by atoms with Gasteiger partial charge < -0.3 is 0 Å². The molecule has 0 bridgehead atoms. The van der Waals surface area contributed by atoms with Crippen LogP contribution in [-0.2, 0) is 6.54 Å². The molecule has 2 heterocycles. The number of nitrogens with one attached hydrogen (secondary N) is 3. The van der Waals surface area contributed by atoms with Gasteiger partial charge in [0.25, 0.3) is 11.9 Å². The number of nitrogens with zero attached hydrogens (tertiary/aromatic N) is 5. The number of benzene rings is 3. The quantitative estimate of drug-likeness (QED) is 0.145. The lowest BCUT2D eigenvalue weighted by molar-refractivity contribution is -0.0328. The highest BCUT2D eigenvalue weighted by Gasteiger charge is 2.29. The van der Waals surface area contributed by atoms with E-state index in [1.165, 1.54) is 48.3 Å². The van der Waals surface area contributed by atoms with E-state index in [1.54, 1.807) is 35.2 Å². The van der Waals surface area contributed by atoms with Crippen molar-refractivity contribution < 1.29 is 22.8 Å². The van der Waals surface area contributed by atoms with Crippen LogP contribution in [0, 0.1) is 0 Å². The summed E-state index contributed by atoms with van der Waals surface area (Å²) in [6.07, 6.45) is 5.98. The maximum Gasteiger partial charge on any atom is 0.446 e. The van der Waals surface area contributed by atoms with Gasteiger partial charge in [-0.1, -0.05) is 60.0 Å². The number of thioether (sulfide) groups is 1. The largest absolute Gasteiger partial charge is 0.446 e. The summed E-state index contributed by atoms with van der Waals surface area (Å²) < 4.78 is 39.3. The molecule has 0 aliphatic heterocycles. The van der Waals surface area contributed by atoms with Crippen LogP contribution in [0.15, 0.2) is 71.6 Å². The minimum Gasteiger partial charge on any atom is -0.290 e. The molecule has 3 amide bonds. The fourth-order valence-corrected chi connectivity index (χ4v) is 6.70. The van der Waals surface area contributed by atoms with E-state index in [0.29, 0.717) is 27.4 Å². The Hall–Kier alpha value is -4.50. The summed E-state index contributed by atoms with van der Waals surface area (Å²) in [4.78, 5) is 32.2. The first-order valence-corrected chi connectivity index (χ1v) is 15.8. The fourth-order valence-electron chi connectivity index (χ4n) is 5.29. The second kappa shape index (κ2) is 13.2. The molecule has 3 aromatic carbocycles. The average Bonchev–Trinajstić information content (AvgIpc) is 3.69. The maximum absolute atomic E-state index is 13.7. The Morgan fingerprint density at radius 3 is 2.42 bits per heavy atom. The lowest BCUT2D eigenvalue weighted by Gasteiger charge is -2.25. The van der Waals surface area contributed by atoms with E-state index in [9.17, 15) is 22.8 Å². The smallest absolute Gasteiger partial charge is 0.290 e. The van der Waals surface area contributed by atoms with Crippen LogP contribution >= 0.6 is 23.1 Å². The summed E-state index contributed by atoms with van der Waals surface area (Å²) in [7, 11) is 0. The minimum absolute atomic E-state index is 0.0206. The van der Waals surface area contributed by atoms with Crippen LogP contribution in [0.4, 0.5) is 34.7 Å². The van der Waals surface area contributed by atoms with E-state index in [-0.39, 0.29) is 34.3 Å². The van der Waals surface area contributed by atoms with Gasteiger partial charge in [0.05, 0.1) is 16.8 Å². The number of H-pyrrole nitrogens is 1. The Labute approximate surface area is 263 Å². The van der Waals surface area contributed by atoms with Crippen LogP contribution in [0.1, 0.15) is 59.5 Å². The first-order valence-electron chi connectivity index (χ1n) is 14.2. The highest BCUT2D eigenvalue weighted by atomic mass is 32.2. The Morgan fingerprint density at radius 1 is 0.978 bits per heavy atom. The summed E-state index contributed by atoms with van der Waals surface area (Å²) in [5.74, 6) is 0.140. The van der Waals surface area contributed by atoms with Crippen molar-refractivity contribution in [1.82, 2.24) is 25.6 Å². The predicted molar refractivity (Wildman–Crippen MR) is 168 cm³/mol. The van der Waals surface area contributed by atoms with E-state index in [2.05, 4.69) is 48.4 Å². The van der Waals surface area contributed by atoms with Crippen molar-refractivity contribution in [3.8, 4) is 0 Å². The number of halogens is 3. The van der Waals surface area contributed by atoms with E-state index in [1.807, 2.05) is 12.1 Å². The van der Waals surface area contributed by atoms with Gasteiger partial charge in [0.1, 0.15) is 0 Å². The second-order valence-corrected chi connectivity index (χ2v) is 12.7. The molecule has 5 aromatic rings.